The molecule has 0 aliphatic heterocycles. The molecule has 108 valence electrons. The molecule has 8 heteroatoms. The van der Waals surface area contributed by atoms with E-state index in [4.69, 9.17) is 9.15 Å². The molecule has 0 saturated carbocycles. The topological polar surface area (TPSA) is 108 Å². The molecule has 1 amide bonds. The highest BCUT2D eigenvalue weighted by atomic mass is 16.5. The largest absolute Gasteiger partial charge is 0.466 e. The van der Waals surface area contributed by atoms with E-state index < -0.39 is 11.9 Å². The third-order valence-corrected chi connectivity index (χ3v) is 2.06. The van der Waals surface area contributed by atoms with E-state index in [0.29, 0.717) is 13.0 Å². The molecule has 1 aromatic heterocycles. The molecular weight excluding hydrogens is 268 g/mol. The van der Waals surface area contributed by atoms with Crippen LogP contribution in [0.3, 0.4) is 0 Å². The number of nitrogens with zero attached hydrogens (tertiary/aromatic N) is 1. The number of esters is 2. The average molecular weight is 282 g/mol. The summed E-state index contributed by atoms with van der Waals surface area (Å²) in [4.78, 5) is 36.8. The van der Waals surface area contributed by atoms with Gasteiger partial charge in [0.15, 0.2) is 6.39 Å². The van der Waals surface area contributed by atoms with E-state index in [1.807, 2.05) is 0 Å². The van der Waals surface area contributed by atoms with E-state index in [2.05, 4.69) is 15.0 Å². The van der Waals surface area contributed by atoms with Gasteiger partial charge in [-0.2, -0.15) is 0 Å². The Morgan fingerprint density at radius 2 is 2.10 bits per heavy atom. The first-order valence-corrected chi connectivity index (χ1v) is 5.73. The lowest BCUT2D eigenvalue weighted by molar-refractivity contribution is -0.139. The molecule has 1 rings (SSSR count). The Balaban J connectivity index is 2.10. The van der Waals surface area contributed by atoms with Crippen LogP contribution in [0.2, 0.25) is 0 Å². The van der Waals surface area contributed by atoms with Gasteiger partial charge < -0.3 is 19.2 Å². The number of oxazole rings is 1. The minimum Gasteiger partial charge on any atom is -0.466 e. The Morgan fingerprint density at radius 1 is 1.35 bits per heavy atom. The highest BCUT2D eigenvalue weighted by molar-refractivity contribution is 5.91. The van der Waals surface area contributed by atoms with Gasteiger partial charge in [-0.05, 0) is 6.42 Å². The Hall–Kier alpha value is -2.64. The number of hydrogen-bond donors (Lipinski definition) is 1. The Bertz CT molecular complexity index is 480. The maximum absolute atomic E-state index is 11.4. The maximum Gasteiger partial charge on any atom is 0.331 e. The van der Waals surface area contributed by atoms with Crippen molar-refractivity contribution in [1.82, 2.24) is 10.3 Å². The van der Waals surface area contributed by atoms with Crippen LogP contribution in [0, 0.1) is 0 Å². The van der Waals surface area contributed by atoms with Crippen molar-refractivity contribution in [2.24, 2.45) is 0 Å². The number of nitrogens with one attached hydrogen (secondary N) is 1. The molecule has 0 atom stereocenters. The summed E-state index contributed by atoms with van der Waals surface area (Å²) in [7, 11) is 1.20. The third kappa shape index (κ3) is 5.80. The second-order valence-corrected chi connectivity index (χ2v) is 3.50. The van der Waals surface area contributed by atoms with Crippen molar-refractivity contribution in [2.45, 2.75) is 6.42 Å². The quantitative estimate of drug-likeness (QED) is 0.428. The molecule has 1 aromatic rings. The van der Waals surface area contributed by atoms with Gasteiger partial charge in [-0.25, -0.2) is 14.6 Å². The van der Waals surface area contributed by atoms with Gasteiger partial charge in [0, 0.05) is 18.7 Å². The molecule has 0 bridgehead atoms. The first-order valence-electron chi connectivity index (χ1n) is 5.73. The summed E-state index contributed by atoms with van der Waals surface area (Å²) < 4.78 is 13.9. The highest BCUT2D eigenvalue weighted by Gasteiger charge is 2.07. The van der Waals surface area contributed by atoms with E-state index in [1.54, 1.807) is 0 Å². The van der Waals surface area contributed by atoms with Crippen molar-refractivity contribution < 1.29 is 28.3 Å². The van der Waals surface area contributed by atoms with Gasteiger partial charge >= 0.3 is 11.9 Å². The summed E-state index contributed by atoms with van der Waals surface area (Å²) in [6, 6.07) is 0. The van der Waals surface area contributed by atoms with Crippen LogP contribution in [0.5, 0.6) is 0 Å². The van der Waals surface area contributed by atoms with Gasteiger partial charge in [-0.1, -0.05) is 0 Å². The zero-order chi connectivity index (χ0) is 14.8. The molecule has 8 nitrogen and oxygen atoms in total. The average Bonchev–Trinajstić information content (AvgIpc) is 2.98. The Kier molecular flexibility index (Phi) is 6.52. The van der Waals surface area contributed by atoms with E-state index in [9.17, 15) is 14.4 Å². The van der Waals surface area contributed by atoms with E-state index in [-0.39, 0.29) is 18.3 Å². The van der Waals surface area contributed by atoms with Gasteiger partial charge in [-0.3, -0.25) is 4.79 Å². The summed E-state index contributed by atoms with van der Waals surface area (Å²) in [5.74, 6) is -1.57. The van der Waals surface area contributed by atoms with Crippen LogP contribution < -0.4 is 5.32 Å². The number of aromatic nitrogens is 1. The molecule has 0 aliphatic rings. The van der Waals surface area contributed by atoms with Gasteiger partial charge in [0.05, 0.1) is 19.9 Å². The van der Waals surface area contributed by atoms with Gasteiger partial charge in [0.25, 0.3) is 5.91 Å². The number of amides is 1. The van der Waals surface area contributed by atoms with Crippen molar-refractivity contribution in [1.29, 1.82) is 0 Å². The van der Waals surface area contributed by atoms with Crippen molar-refractivity contribution in [3.63, 3.8) is 0 Å². The van der Waals surface area contributed by atoms with Crippen molar-refractivity contribution in [2.75, 3.05) is 20.3 Å². The van der Waals surface area contributed by atoms with Crippen LogP contribution >= 0.6 is 0 Å². The number of carbonyl (C=O) groups is 3. The first kappa shape index (κ1) is 15.4. The normalized spacial score (nSPS) is 10.2. The Morgan fingerprint density at radius 3 is 2.75 bits per heavy atom. The minimum absolute atomic E-state index is 0.112. The predicted molar refractivity (Wildman–Crippen MR) is 65.6 cm³/mol. The van der Waals surface area contributed by atoms with Gasteiger partial charge in [-0.15, -0.1) is 0 Å². The summed E-state index contributed by atoms with van der Waals surface area (Å²) in [6.07, 6.45) is 4.82. The van der Waals surface area contributed by atoms with Crippen LogP contribution in [0.1, 0.15) is 17.0 Å². The summed E-state index contributed by atoms with van der Waals surface area (Å²) in [5, 5.41) is 2.56. The number of rotatable bonds is 7. The highest BCUT2D eigenvalue weighted by Crippen LogP contribution is 1.95. The van der Waals surface area contributed by atoms with Gasteiger partial charge in [0.2, 0.25) is 5.76 Å². The van der Waals surface area contributed by atoms with Crippen LogP contribution in [-0.4, -0.2) is 43.1 Å². The second kappa shape index (κ2) is 8.46. The third-order valence-electron chi connectivity index (χ3n) is 2.06. The van der Waals surface area contributed by atoms with E-state index in [0.717, 1.165) is 18.5 Å². The van der Waals surface area contributed by atoms with Crippen LogP contribution in [0.25, 0.3) is 0 Å². The fraction of sp³-hybridized carbons (Fsp3) is 0.333. The fourth-order valence-electron chi connectivity index (χ4n) is 1.11. The molecule has 1 N–H and O–H groups in total. The molecular formula is C12H14N2O6. The van der Waals surface area contributed by atoms with Crippen molar-refractivity contribution in [3.8, 4) is 0 Å². The zero-order valence-corrected chi connectivity index (χ0v) is 10.8. The van der Waals surface area contributed by atoms with Crippen molar-refractivity contribution in [3.05, 3.63) is 30.5 Å². The van der Waals surface area contributed by atoms with Gasteiger partial charge in [0.1, 0.15) is 0 Å². The number of methoxy groups -OCH3 is 1. The van der Waals surface area contributed by atoms with E-state index >= 15 is 0 Å². The standard InChI is InChI=1S/C12H14N2O6/c1-18-10(15)3-4-11(16)19-6-2-5-14-12(17)9-7-13-8-20-9/h3-4,7-8H,2,5-6H2,1H3,(H,14,17)/b4-3+. The minimum atomic E-state index is -0.656. The molecule has 0 spiro atoms. The molecule has 0 fully saturated rings. The SMILES string of the molecule is COC(=O)/C=C/C(=O)OCCCNC(=O)c1cnco1. The molecule has 20 heavy (non-hydrogen) atoms. The first-order chi connectivity index (χ1) is 9.63. The van der Waals surface area contributed by atoms with Crippen molar-refractivity contribution >= 4 is 17.8 Å². The summed E-state index contributed by atoms with van der Waals surface area (Å²) in [6.45, 7) is 0.425. The maximum atomic E-state index is 11.4. The number of carbonyl (C=O) groups excluding carboxylic acids is 3. The number of hydrogen-bond acceptors (Lipinski definition) is 7. The molecule has 0 aromatic carbocycles. The molecule has 1 heterocycles. The lowest BCUT2D eigenvalue weighted by Crippen LogP contribution is -2.25. The molecule has 0 unspecified atom stereocenters. The Labute approximate surface area is 114 Å². The van der Waals surface area contributed by atoms with E-state index in [1.165, 1.54) is 13.3 Å². The van der Waals surface area contributed by atoms with Crippen LogP contribution in [-0.2, 0) is 19.1 Å². The van der Waals surface area contributed by atoms with Crippen LogP contribution in [0.15, 0.2) is 29.2 Å². The zero-order valence-electron chi connectivity index (χ0n) is 10.8. The number of ether oxygens (including phenoxy) is 2. The lowest BCUT2D eigenvalue weighted by Gasteiger charge is -2.03. The molecule has 0 radical (unpaired) electrons. The fourth-order valence-corrected chi connectivity index (χ4v) is 1.11. The monoisotopic (exact) mass is 282 g/mol. The summed E-state index contributed by atoms with van der Waals surface area (Å²) in [5.41, 5.74) is 0. The lowest BCUT2D eigenvalue weighted by atomic mass is 10.4. The molecule has 0 saturated heterocycles. The molecule has 0 aliphatic carbocycles. The summed E-state index contributed by atoms with van der Waals surface area (Å²) >= 11 is 0. The second-order valence-electron chi connectivity index (χ2n) is 3.50. The van der Waals surface area contributed by atoms with Crippen LogP contribution in [0.4, 0.5) is 0 Å². The smallest absolute Gasteiger partial charge is 0.331 e. The predicted octanol–water partition coefficient (Wildman–Crippen LogP) is 0.0669.